The monoisotopic (exact) mass is 262 g/mol. The first-order chi connectivity index (χ1) is 9.24. The van der Waals surface area contributed by atoms with E-state index in [9.17, 15) is 10.1 Å². The number of carbonyl (C=O) groups excluding carboxylic acids is 1. The second-order valence-corrected chi connectivity index (χ2v) is 6.36. The predicted octanol–water partition coefficient (Wildman–Crippen LogP) is 3.69. The molecular weight excluding hydrogens is 236 g/mol. The lowest BCUT2D eigenvalue weighted by atomic mass is 9.84. The van der Waals surface area contributed by atoms with Gasteiger partial charge in [0.05, 0.1) is 6.07 Å². The van der Waals surface area contributed by atoms with Gasteiger partial charge in [0.1, 0.15) is 5.54 Å². The molecule has 1 amide bonds. The van der Waals surface area contributed by atoms with E-state index in [2.05, 4.69) is 11.4 Å². The van der Waals surface area contributed by atoms with Crippen molar-refractivity contribution < 1.29 is 4.79 Å². The molecule has 0 atom stereocenters. The van der Waals surface area contributed by atoms with E-state index in [1.807, 2.05) is 0 Å². The number of nitrogens with zero attached hydrogens (tertiary/aromatic N) is 1. The highest BCUT2D eigenvalue weighted by Crippen LogP contribution is 2.29. The Balaban J connectivity index is 1.88. The zero-order chi connectivity index (χ0) is 13.6. The summed E-state index contributed by atoms with van der Waals surface area (Å²) in [6.07, 6.45) is 13.0. The van der Waals surface area contributed by atoms with Crippen molar-refractivity contribution >= 4 is 5.91 Å². The van der Waals surface area contributed by atoms with E-state index in [0.29, 0.717) is 12.3 Å². The van der Waals surface area contributed by atoms with Crippen molar-refractivity contribution in [3.63, 3.8) is 0 Å². The van der Waals surface area contributed by atoms with Gasteiger partial charge in [-0.3, -0.25) is 4.79 Å². The quantitative estimate of drug-likeness (QED) is 0.843. The molecule has 0 unspecified atom stereocenters. The van der Waals surface area contributed by atoms with Gasteiger partial charge in [0.15, 0.2) is 0 Å². The van der Waals surface area contributed by atoms with Crippen LogP contribution in [0.25, 0.3) is 0 Å². The summed E-state index contributed by atoms with van der Waals surface area (Å²) in [5.41, 5.74) is -0.573. The van der Waals surface area contributed by atoms with Crippen molar-refractivity contribution in [2.24, 2.45) is 5.92 Å². The lowest BCUT2D eigenvalue weighted by Gasteiger charge is -2.30. The number of carbonyl (C=O) groups is 1. The minimum atomic E-state index is -0.573. The Labute approximate surface area is 116 Å². The molecule has 2 aliphatic carbocycles. The van der Waals surface area contributed by atoms with E-state index < -0.39 is 5.54 Å². The molecule has 3 heteroatoms. The van der Waals surface area contributed by atoms with Crippen LogP contribution in [0.2, 0.25) is 0 Å². The Hall–Kier alpha value is -1.04. The second kappa shape index (κ2) is 6.93. The minimum Gasteiger partial charge on any atom is -0.338 e. The summed E-state index contributed by atoms with van der Waals surface area (Å²) in [4.78, 5) is 12.2. The van der Waals surface area contributed by atoms with Crippen molar-refractivity contribution in [1.82, 2.24) is 5.32 Å². The largest absolute Gasteiger partial charge is 0.338 e. The SMILES string of the molecule is N#CC1(NC(=O)CC2CCCC2)CCCCCCC1. The van der Waals surface area contributed by atoms with Gasteiger partial charge in [-0.05, 0) is 31.6 Å². The summed E-state index contributed by atoms with van der Waals surface area (Å²) in [7, 11) is 0. The lowest BCUT2D eigenvalue weighted by molar-refractivity contribution is -0.123. The molecule has 2 fully saturated rings. The molecule has 1 N–H and O–H groups in total. The van der Waals surface area contributed by atoms with E-state index in [-0.39, 0.29) is 5.91 Å². The Bertz CT molecular complexity index is 331. The first kappa shape index (κ1) is 14.4. The molecule has 106 valence electrons. The van der Waals surface area contributed by atoms with Crippen molar-refractivity contribution in [2.75, 3.05) is 0 Å². The van der Waals surface area contributed by atoms with Crippen molar-refractivity contribution in [3.8, 4) is 6.07 Å². The van der Waals surface area contributed by atoms with Crippen LogP contribution >= 0.6 is 0 Å². The average molecular weight is 262 g/mol. The van der Waals surface area contributed by atoms with Gasteiger partial charge >= 0.3 is 0 Å². The molecule has 0 bridgehead atoms. The maximum atomic E-state index is 12.2. The molecule has 2 saturated carbocycles. The summed E-state index contributed by atoms with van der Waals surface area (Å²) in [5.74, 6) is 0.665. The molecule has 0 spiro atoms. The van der Waals surface area contributed by atoms with E-state index >= 15 is 0 Å². The lowest BCUT2D eigenvalue weighted by Crippen LogP contribution is -2.48. The maximum absolute atomic E-state index is 12.2. The standard InChI is InChI=1S/C16H26N2O/c17-13-16(10-6-2-1-3-7-11-16)18-15(19)12-14-8-4-5-9-14/h14H,1-12H2,(H,18,19). The van der Waals surface area contributed by atoms with Crippen molar-refractivity contribution in [1.29, 1.82) is 5.26 Å². The Morgan fingerprint density at radius 2 is 1.63 bits per heavy atom. The van der Waals surface area contributed by atoms with Crippen LogP contribution in [0.1, 0.15) is 77.0 Å². The van der Waals surface area contributed by atoms with Crippen LogP contribution < -0.4 is 5.32 Å². The second-order valence-electron chi connectivity index (χ2n) is 6.36. The first-order valence-corrected chi connectivity index (χ1v) is 7.96. The summed E-state index contributed by atoms with van der Waals surface area (Å²) in [6.45, 7) is 0. The fraction of sp³-hybridized carbons (Fsp3) is 0.875. The van der Waals surface area contributed by atoms with Gasteiger partial charge < -0.3 is 5.32 Å². The number of amides is 1. The Kier molecular flexibility index (Phi) is 5.24. The highest BCUT2D eigenvalue weighted by Gasteiger charge is 2.32. The molecule has 0 aromatic carbocycles. The molecule has 19 heavy (non-hydrogen) atoms. The van der Waals surface area contributed by atoms with Gasteiger partial charge in [-0.2, -0.15) is 5.26 Å². The van der Waals surface area contributed by atoms with Crippen LogP contribution in [0.4, 0.5) is 0 Å². The molecule has 0 heterocycles. The minimum absolute atomic E-state index is 0.106. The Morgan fingerprint density at radius 1 is 1.05 bits per heavy atom. The molecule has 0 aromatic rings. The van der Waals surface area contributed by atoms with Gasteiger partial charge in [0.2, 0.25) is 5.91 Å². The van der Waals surface area contributed by atoms with Gasteiger partial charge in [-0.1, -0.05) is 44.9 Å². The van der Waals surface area contributed by atoms with Crippen LogP contribution in [0.5, 0.6) is 0 Å². The van der Waals surface area contributed by atoms with Crippen LogP contribution in [-0.2, 0) is 4.79 Å². The zero-order valence-electron chi connectivity index (χ0n) is 11.9. The Morgan fingerprint density at radius 3 is 2.21 bits per heavy atom. The zero-order valence-corrected chi connectivity index (χ0v) is 11.9. The summed E-state index contributed by atoms with van der Waals surface area (Å²) in [6, 6.07) is 2.41. The molecule has 2 rings (SSSR count). The molecule has 0 radical (unpaired) electrons. The van der Waals surface area contributed by atoms with Crippen molar-refractivity contribution in [3.05, 3.63) is 0 Å². The number of nitrogens with one attached hydrogen (secondary N) is 1. The van der Waals surface area contributed by atoms with Crippen LogP contribution in [0, 0.1) is 17.2 Å². The molecule has 2 aliphatic rings. The van der Waals surface area contributed by atoms with E-state index in [1.54, 1.807) is 0 Å². The first-order valence-electron chi connectivity index (χ1n) is 7.96. The molecule has 0 aliphatic heterocycles. The number of nitriles is 1. The van der Waals surface area contributed by atoms with Gasteiger partial charge in [0, 0.05) is 6.42 Å². The summed E-state index contributed by atoms with van der Waals surface area (Å²) >= 11 is 0. The van der Waals surface area contributed by atoms with E-state index in [0.717, 1.165) is 25.7 Å². The maximum Gasteiger partial charge on any atom is 0.221 e. The normalized spacial score (nSPS) is 24.2. The fourth-order valence-corrected chi connectivity index (χ4v) is 3.57. The molecule has 0 aromatic heterocycles. The number of rotatable bonds is 3. The van der Waals surface area contributed by atoms with Crippen molar-refractivity contribution in [2.45, 2.75) is 82.6 Å². The van der Waals surface area contributed by atoms with Crippen LogP contribution in [0.3, 0.4) is 0 Å². The van der Waals surface area contributed by atoms with Gasteiger partial charge in [0.25, 0.3) is 0 Å². The van der Waals surface area contributed by atoms with Gasteiger partial charge in [-0.25, -0.2) is 0 Å². The van der Waals surface area contributed by atoms with E-state index in [4.69, 9.17) is 0 Å². The molecule has 3 nitrogen and oxygen atoms in total. The highest BCUT2D eigenvalue weighted by molar-refractivity contribution is 5.77. The number of hydrogen-bond acceptors (Lipinski definition) is 2. The topological polar surface area (TPSA) is 52.9 Å². The fourth-order valence-electron chi connectivity index (χ4n) is 3.57. The summed E-state index contributed by atoms with van der Waals surface area (Å²) < 4.78 is 0. The molecular formula is C16H26N2O. The summed E-state index contributed by atoms with van der Waals surface area (Å²) in [5, 5.41) is 12.6. The third-order valence-electron chi connectivity index (χ3n) is 4.75. The third-order valence-corrected chi connectivity index (χ3v) is 4.75. The highest BCUT2D eigenvalue weighted by atomic mass is 16.1. The third kappa shape index (κ3) is 4.23. The van der Waals surface area contributed by atoms with Gasteiger partial charge in [-0.15, -0.1) is 0 Å². The average Bonchev–Trinajstić information content (AvgIpc) is 2.85. The predicted molar refractivity (Wildman–Crippen MR) is 75.4 cm³/mol. The molecule has 0 saturated heterocycles. The van der Waals surface area contributed by atoms with E-state index in [1.165, 1.54) is 44.9 Å². The smallest absolute Gasteiger partial charge is 0.221 e. The van der Waals surface area contributed by atoms with Crippen LogP contribution in [0.15, 0.2) is 0 Å². The number of hydrogen-bond donors (Lipinski definition) is 1. The van der Waals surface area contributed by atoms with Crippen LogP contribution in [-0.4, -0.2) is 11.4 Å².